The van der Waals surface area contributed by atoms with Gasteiger partial charge >= 0.3 is 12.1 Å². The topological polar surface area (TPSA) is 64.6 Å². The summed E-state index contributed by atoms with van der Waals surface area (Å²) >= 11 is 1.58. The number of esters is 1. The quantitative estimate of drug-likeness (QED) is 0.438. The van der Waals surface area contributed by atoms with Crippen molar-refractivity contribution in [2.75, 3.05) is 20.3 Å². The summed E-state index contributed by atoms with van der Waals surface area (Å²) in [6.07, 6.45) is -3.65. The van der Waals surface area contributed by atoms with Crippen LogP contribution in [-0.2, 0) is 25.2 Å². The van der Waals surface area contributed by atoms with Crippen molar-refractivity contribution in [3.63, 3.8) is 0 Å². The van der Waals surface area contributed by atoms with Gasteiger partial charge in [-0.25, -0.2) is 4.79 Å². The molecule has 2 atom stereocenters. The molecule has 2 heterocycles. The minimum Gasteiger partial charge on any atom is -0.460 e. The molecule has 9 heteroatoms. The van der Waals surface area contributed by atoms with Crippen molar-refractivity contribution < 1.29 is 32.2 Å². The normalized spacial score (nSPS) is 20.8. The smallest absolute Gasteiger partial charge is 0.416 e. The number of ether oxygens (including phenoxy) is 2. The number of rotatable bonds is 6. The zero-order chi connectivity index (χ0) is 24.5. The number of methoxy groups -OCH3 is 1. The number of dihydropyridines is 1. The molecule has 0 saturated carbocycles. The van der Waals surface area contributed by atoms with E-state index in [4.69, 9.17) is 9.47 Å². The Morgan fingerprint density at radius 3 is 2.50 bits per heavy atom. The molecule has 180 valence electrons. The van der Waals surface area contributed by atoms with Gasteiger partial charge in [0.2, 0.25) is 0 Å². The van der Waals surface area contributed by atoms with Gasteiger partial charge in [0, 0.05) is 47.2 Å². The van der Waals surface area contributed by atoms with Crippen molar-refractivity contribution in [1.29, 1.82) is 0 Å². The number of carbonyl (C=O) groups excluding carboxylic acids is 2. The fraction of sp³-hybridized carbons (Fsp3) is 0.360. The summed E-state index contributed by atoms with van der Waals surface area (Å²) in [5, 5.41) is 5.19. The van der Waals surface area contributed by atoms with Gasteiger partial charge in [0.25, 0.3) is 0 Å². The largest absolute Gasteiger partial charge is 0.460 e. The van der Waals surface area contributed by atoms with Gasteiger partial charge in [0.15, 0.2) is 5.78 Å². The Kier molecular flexibility index (Phi) is 6.95. The van der Waals surface area contributed by atoms with Gasteiger partial charge in [-0.1, -0.05) is 18.2 Å². The van der Waals surface area contributed by atoms with Gasteiger partial charge in [-0.05, 0) is 42.5 Å². The number of Topliss-reactive ketones (excluding diaryl/α,β-unsaturated/α-hetero) is 1. The van der Waals surface area contributed by atoms with Gasteiger partial charge in [-0.15, -0.1) is 11.3 Å². The maximum absolute atomic E-state index is 13.4. The Morgan fingerprint density at radius 1 is 1.15 bits per heavy atom. The van der Waals surface area contributed by atoms with Crippen LogP contribution in [-0.4, -0.2) is 32.1 Å². The molecule has 34 heavy (non-hydrogen) atoms. The number of halogens is 3. The summed E-state index contributed by atoms with van der Waals surface area (Å²) in [6, 6.07) is 8.54. The lowest BCUT2D eigenvalue weighted by Gasteiger charge is -2.36. The van der Waals surface area contributed by atoms with Gasteiger partial charge < -0.3 is 14.8 Å². The third-order valence-electron chi connectivity index (χ3n) is 6.09. The van der Waals surface area contributed by atoms with Crippen LogP contribution in [0.25, 0.3) is 0 Å². The highest BCUT2D eigenvalue weighted by Crippen LogP contribution is 2.46. The summed E-state index contributed by atoms with van der Waals surface area (Å²) in [7, 11) is 1.48. The van der Waals surface area contributed by atoms with E-state index < -0.39 is 23.6 Å². The molecule has 1 aliphatic heterocycles. The van der Waals surface area contributed by atoms with Crippen LogP contribution >= 0.6 is 11.3 Å². The van der Waals surface area contributed by atoms with E-state index >= 15 is 0 Å². The molecule has 1 N–H and O–H groups in total. The van der Waals surface area contributed by atoms with Crippen LogP contribution in [0.1, 0.15) is 47.6 Å². The maximum atomic E-state index is 13.4. The second kappa shape index (κ2) is 9.76. The van der Waals surface area contributed by atoms with Crippen molar-refractivity contribution in [2.45, 2.75) is 37.8 Å². The van der Waals surface area contributed by atoms with E-state index in [1.807, 2.05) is 17.5 Å². The third kappa shape index (κ3) is 4.81. The lowest BCUT2D eigenvalue weighted by molar-refractivity contribution is -0.141. The van der Waals surface area contributed by atoms with E-state index in [1.54, 1.807) is 18.3 Å². The summed E-state index contributed by atoms with van der Waals surface area (Å²) in [4.78, 5) is 27.5. The number of hydrogen-bond acceptors (Lipinski definition) is 6. The maximum Gasteiger partial charge on any atom is 0.416 e. The molecule has 0 saturated heterocycles. The zero-order valence-electron chi connectivity index (χ0n) is 18.7. The van der Waals surface area contributed by atoms with Crippen molar-refractivity contribution >= 4 is 23.1 Å². The molecular weight excluding hydrogens is 467 g/mol. The number of thiophene rings is 1. The Hall–Kier alpha value is -2.91. The molecule has 0 unspecified atom stereocenters. The number of ketones is 1. The van der Waals surface area contributed by atoms with Crippen molar-refractivity contribution in [1.82, 2.24) is 5.32 Å². The monoisotopic (exact) mass is 491 g/mol. The lowest BCUT2D eigenvalue weighted by Crippen LogP contribution is -2.36. The highest BCUT2D eigenvalue weighted by atomic mass is 32.1. The van der Waals surface area contributed by atoms with Crippen LogP contribution in [0, 0.1) is 0 Å². The second-order valence-electron chi connectivity index (χ2n) is 8.28. The average Bonchev–Trinajstić information content (AvgIpc) is 3.32. The van der Waals surface area contributed by atoms with Crippen LogP contribution in [0.15, 0.2) is 64.3 Å². The molecule has 0 spiro atoms. The van der Waals surface area contributed by atoms with Gasteiger partial charge in [-0.2, -0.15) is 13.2 Å². The Morgan fingerprint density at radius 2 is 1.88 bits per heavy atom. The van der Waals surface area contributed by atoms with E-state index in [0.717, 1.165) is 17.0 Å². The van der Waals surface area contributed by atoms with E-state index in [-0.39, 0.29) is 36.9 Å². The number of hydrogen-bond donors (Lipinski definition) is 1. The van der Waals surface area contributed by atoms with Gasteiger partial charge in [-0.3, -0.25) is 4.79 Å². The first kappa shape index (κ1) is 24.2. The molecule has 0 amide bonds. The van der Waals surface area contributed by atoms with Crippen LogP contribution in [0.5, 0.6) is 0 Å². The van der Waals surface area contributed by atoms with E-state index in [0.29, 0.717) is 29.0 Å². The number of carbonyl (C=O) groups is 2. The molecule has 0 fully saturated rings. The minimum absolute atomic E-state index is 0.00927. The van der Waals surface area contributed by atoms with Gasteiger partial charge in [0.1, 0.15) is 6.61 Å². The highest BCUT2D eigenvalue weighted by Gasteiger charge is 2.42. The first-order valence-electron chi connectivity index (χ1n) is 10.8. The molecule has 2 aliphatic rings. The van der Waals surface area contributed by atoms with Crippen LogP contribution in [0.2, 0.25) is 0 Å². The molecule has 5 nitrogen and oxygen atoms in total. The number of nitrogens with one attached hydrogen (secondary N) is 1. The molecule has 0 bridgehead atoms. The fourth-order valence-corrected chi connectivity index (χ4v) is 5.36. The van der Waals surface area contributed by atoms with Crippen molar-refractivity contribution in [3.8, 4) is 0 Å². The fourth-order valence-electron chi connectivity index (χ4n) is 4.53. The Bertz CT molecular complexity index is 1130. The predicted molar refractivity (Wildman–Crippen MR) is 121 cm³/mol. The summed E-state index contributed by atoms with van der Waals surface area (Å²) < 4.78 is 49.7. The highest BCUT2D eigenvalue weighted by molar-refractivity contribution is 7.10. The standard InChI is InChI=1S/C25H24F3NO4S/c1-14-21(24(31)33-10-9-32-2)22(15-5-7-17(8-6-15)25(26,27)28)23-18(29-14)12-16(13-19(23)30)20-4-3-11-34-20/h3-8,11,16,22,29H,9-10,12-13H2,1-2H3/t16-,22+/m0/s1. The summed E-state index contributed by atoms with van der Waals surface area (Å²) in [6.45, 7) is 1.94. The minimum atomic E-state index is -4.49. The molecule has 1 aromatic carbocycles. The first-order chi connectivity index (χ1) is 16.2. The molecule has 4 rings (SSSR count). The van der Waals surface area contributed by atoms with E-state index in [9.17, 15) is 22.8 Å². The second-order valence-corrected chi connectivity index (χ2v) is 9.26. The number of benzene rings is 1. The van der Waals surface area contributed by atoms with Crippen LogP contribution in [0.3, 0.4) is 0 Å². The Labute approximate surface area is 199 Å². The van der Waals surface area contributed by atoms with Crippen LogP contribution < -0.4 is 5.32 Å². The van der Waals surface area contributed by atoms with Gasteiger partial charge in [0.05, 0.1) is 17.7 Å². The molecule has 1 aromatic heterocycles. The van der Waals surface area contributed by atoms with Crippen molar-refractivity contribution in [2.24, 2.45) is 0 Å². The predicted octanol–water partition coefficient (Wildman–Crippen LogP) is 5.32. The van der Waals surface area contributed by atoms with E-state index in [2.05, 4.69) is 5.32 Å². The first-order valence-corrected chi connectivity index (χ1v) is 11.7. The summed E-state index contributed by atoms with van der Waals surface area (Å²) in [5.41, 5.74) is 1.49. The zero-order valence-corrected chi connectivity index (χ0v) is 19.5. The summed E-state index contributed by atoms with van der Waals surface area (Å²) in [5.74, 6) is -1.57. The molecule has 0 radical (unpaired) electrons. The Balaban J connectivity index is 1.76. The molecule has 1 aliphatic carbocycles. The third-order valence-corrected chi connectivity index (χ3v) is 7.12. The molecule has 2 aromatic rings. The number of allylic oxidation sites excluding steroid dienone is 3. The average molecular weight is 492 g/mol. The van der Waals surface area contributed by atoms with E-state index in [1.165, 1.54) is 19.2 Å². The van der Waals surface area contributed by atoms with Crippen LogP contribution in [0.4, 0.5) is 13.2 Å². The lowest BCUT2D eigenvalue weighted by atomic mass is 9.72. The van der Waals surface area contributed by atoms with Crippen molar-refractivity contribution in [3.05, 3.63) is 80.3 Å². The number of alkyl halides is 3. The SMILES string of the molecule is COCCOC(=O)C1=C(C)NC2=C(C(=O)C[C@@H](c3cccs3)C2)[C@@H]1c1ccc(C(F)(F)F)cc1. The molecular formula is C25H24F3NO4S.